The SMILES string of the molecule is FC(F)(F)c1cc(C(F)(F)F)cc(C2(c3cc(C(F)(F)F)cc(C(F)(F)F)c3)OCN3CCC[C@@H]32)c1. The van der Waals surface area contributed by atoms with Gasteiger partial charge in [0.15, 0.2) is 0 Å². The van der Waals surface area contributed by atoms with Crippen LogP contribution in [-0.4, -0.2) is 24.2 Å². The summed E-state index contributed by atoms with van der Waals surface area (Å²) in [6.45, 7) is -0.178. The zero-order valence-corrected chi connectivity index (χ0v) is 17.8. The van der Waals surface area contributed by atoms with Crippen LogP contribution in [0, 0.1) is 0 Å². The molecule has 4 rings (SSSR count). The summed E-state index contributed by atoms with van der Waals surface area (Å²) in [4.78, 5) is 1.46. The zero-order chi connectivity index (χ0) is 26.9. The topological polar surface area (TPSA) is 12.5 Å². The summed E-state index contributed by atoms with van der Waals surface area (Å²) >= 11 is 0. The van der Waals surface area contributed by atoms with Gasteiger partial charge < -0.3 is 4.74 Å². The van der Waals surface area contributed by atoms with E-state index in [0.29, 0.717) is 6.42 Å². The Morgan fingerprint density at radius 1 is 0.611 bits per heavy atom. The summed E-state index contributed by atoms with van der Waals surface area (Å²) in [5.74, 6) is 0. The number of fused-ring (bicyclic) bond motifs is 1. The highest BCUT2D eigenvalue weighted by Gasteiger charge is 2.55. The van der Waals surface area contributed by atoms with Crippen LogP contribution >= 0.6 is 0 Å². The third-order valence-electron chi connectivity index (χ3n) is 6.32. The summed E-state index contributed by atoms with van der Waals surface area (Å²) < 4.78 is 168. The summed E-state index contributed by atoms with van der Waals surface area (Å²) in [7, 11) is 0. The van der Waals surface area contributed by atoms with Gasteiger partial charge in [-0.1, -0.05) is 0 Å². The molecule has 2 nitrogen and oxygen atoms in total. The van der Waals surface area contributed by atoms with Gasteiger partial charge in [-0.2, -0.15) is 52.7 Å². The quantitative estimate of drug-likeness (QED) is 0.369. The van der Waals surface area contributed by atoms with Crippen molar-refractivity contribution in [3.8, 4) is 0 Å². The number of hydrogen-bond donors (Lipinski definition) is 0. The molecule has 0 amide bonds. The maximum atomic E-state index is 13.5. The molecule has 2 saturated heterocycles. The van der Waals surface area contributed by atoms with Crippen LogP contribution in [0.1, 0.15) is 46.2 Å². The largest absolute Gasteiger partial charge is 0.416 e. The monoisotopic (exact) mass is 537 g/mol. The first-order chi connectivity index (χ1) is 16.3. The number of nitrogens with zero attached hydrogens (tertiary/aromatic N) is 1. The lowest BCUT2D eigenvalue weighted by Crippen LogP contribution is -2.41. The van der Waals surface area contributed by atoms with E-state index >= 15 is 0 Å². The molecule has 0 N–H and O–H groups in total. The fourth-order valence-corrected chi connectivity index (χ4v) is 4.78. The molecule has 2 aliphatic heterocycles. The summed E-state index contributed by atoms with van der Waals surface area (Å²) in [6, 6.07) is -0.325. The first-order valence-corrected chi connectivity index (χ1v) is 10.3. The standard InChI is InChI=1S/C22H15F12NO/c23-19(24,25)13-4-11(5-14(8-13)20(26,27)28)18(17-2-1-3-35(17)10-36-18)12-6-15(21(29,30)31)9-16(7-12)22(32,33)34/h4-9,17H,1-3,10H2/t17-/m1/s1. The fourth-order valence-electron chi connectivity index (χ4n) is 4.78. The second-order valence-corrected chi connectivity index (χ2v) is 8.57. The lowest BCUT2D eigenvalue weighted by Gasteiger charge is -2.36. The fraction of sp³-hybridized carbons (Fsp3) is 0.455. The van der Waals surface area contributed by atoms with Gasteiger partial charge in [-0.05, 0) is 60.4 Å². The van der Waals surface area contributed by atoms with Crippen molar-refractivity contribution >= 4 is 0 Å². The van der Waals surface area contributed by atoms with Gasteiger partial charge in [-0.3, -0.25) is 4.90 Å². The number of ether oxygens (including phenoxy) is 1. The highest BCUT2D eigenvalue weighted by molar-refractivity contribution is 5.48. The van der Waals surface area contributed by atoms with Crippen LogP contribution in [0.4, 0.5) is 52.7 Å². The minimum atomic E-state index is -5.30. The molecule has 0 saturated carbocycles. The van der Waals surface area contributed by atoms with Crippen molar-refractivity contribution in [2.45, 2.75) is 49.2 Å². The van der Waals surface area contributed by atoms with Crippen molar-refractivity contribution in [1.29, 1.82) is 0 Å². The lowest BCUT2D eigenvalue weighted by atomic mass is 9.77. The van der Waals surface area contributed by atoms with Crippen LogP contribution in [0.3, 0.4) is 0 Å². The number of hydrogen-bond acceptors (Lipinski definition) is 2. The summed E-state index contributed by atoms with van der Waals surface area (Å²) in [5, 5.41) is 0. The molecule has 2 aliphatic rings. The average molecular weight is 537 g/mol. The van der Waals surface area contributed by atoms with E-state index in [2.05, 4.69) is 0 Å². The van der Waals surface area contributed by atoms with Crippen molar-refractivity contribution in [2.75, 3.05) is 13.3 Å². The first kappa shape index (κ1) is 26.6. The Morgan fingerprint density at radius 3 is 1.31 bits per heavy atom. The number of alkyl halides is 12. The Balaban J connectivity index is 2.08. The number of benzene rings is 2. The van der Waals surface area contributed by atoms with Gasteiger partial charge in [0.1, 0.15) is 12.3 Å². The maximum Gasteiger partial charge on any atom is 0.416 e. The Labute approximate surface area is 195 Å². The third-order valence-corrected chi connectivity index (χ3v) is 6.32. The van der Waals surface area contributed by atoms with Gasteiger partial charge >= 0.3 is 24.7 Å². The van der Waals surface area contributed by atoms with Crippen LogP contribution in [0.5, 0.6) is 0 Å². The summed E-state index contributed by atoms with van der Waals surface area (Å²) in [5.41, 5.74) is -11.2. The van der Waals surface area contributed by atoms with E-state index < -0.39 is 76.5 Å². The minimum absolute atomic E-state index is 0.0508. The van der Waals surface area contributed by atoms with Crippen LogP contribution in [0.2, 0.25) is 0 Å². The average Bonchev–Trinajstić information content (AvgIpc) is 3.33. The predicted octanol–water partition coefficient (Wildman–Crippen LogP) is 7.46. The lowest BCUT2D eigenvalue weighted by molar-refractivity contribution is -0.144. The molecule has 2 aromatic carbocycles. The van der Waals surface area contributed by atoms with Crippen LogP contribution in [-0.2, 0) is 35.0 Å². The van der Waals surface area contributed by atoms with E-state index in [1.54, 1.807) is 0 Å². The smallest absolute Gasteiger partial charge is 0.348 e. The van der Waals surface area contributed by atoms with Gasteiger partial charge in [-0.25, -0.2) is 0 Å². The molecule has 1 atom stereocenters. The maximum absolute atomic E-state index is 13.5. The van der Waals surface area contributed by atoms with Gasteiger partial charge in [0, 0.05) is 12.6 Å². The van der Waals surface area contributed by atoms with Crippen LogP contribution in [0.15, 0.2) is 36.4 Å². The minimum Gasteiger partial charge on any atom is -0.348 e. The molecule has 14 heteroatoms. The molecule has 0 bridgehead atoms. The van der Waals surface area contributed by atoms with Crippen LogP contribution < -0.4 is 0 Å². The van der Waals surface area contributed by atoms with E-state index in [1.807, 2.05) is 0 Å². The molecule has 0 spiro atoms. The molecule has 0 radical (unpaired) electrons. The second-order valence-electron chi connectivity index (χ2n) is 8.57. The molecule has 0 unspecified atom stereocenters. The van der Waals surface area contributed by atoms with E-state index in [1.165, 1.54) is 4.90 Å². The molecular formula is C22H15F12NO. The van der Waals surface area contributed by atoms with Crippen molar-refractivity contribution in [3.05, 3.63) is 69.8 Å². The normalized spacial score (nSPS) is 21.2. The Kier molecular flexibility index (Phi) is 6.10. The Bertz CT molecular complexity index is 1010. The molecule has 2 fully saturated rings. The van der Waals surface area contributed by atoms with Gasteiger partial charge in [0.2, 0.25) is 0 Å². The van der Waals surface area contributed by atoms with Crippen molar-refractivity contribution < 1.29 is 57.4 Å². The first-order valence-electron chi connectivity index (χ1n) is 10.3. The van der Waals surface area contributed by atoms with Crippen molar-refractivity contribution in [3.63, 3.8) is 0 Å². The Morgan fingerprint density at radius 2 is 0.972 bits per heavy atom. The predicted molar refractivity (Wildman–Crippen MR) is 99.4 cm³/mol. The van der Waals surface area contributed by atoms with Crippen LogP contribution in [0.25, 0.3) is 0 Å². The molecule has 0 aromatic heterocycles. The Hall–Kier alpha value is -2.48. The molecule has 198 valence electrons. The zero-order valence-electron chi connectivity index (χ0n) is 17.8. The van der Waals surface area contributed by atoms with Gasteiger partial charge in [0.05, 0.1) is 22.3 Å². The van der Waals surface area contributed by atoms with E-state index in [0.717, 1.165) is 0 Å². The van der Waals surface area contributed by atoms with E-state index in [-0.39, 0.29) is 49.4 Å². The molecular weight excluding hydrogens is 522 g/mol. The van der Waals surface area contributed by atoms with Crippen molar-refractivity contribution in [2.24, 2.45) is 0 Å². The van der Waals surface area contributed by atoms with Gasteiger partial charge in [-0.15, -0.1) is 0 Å². The third kappa shape index (κ3) is 4.64. The molecule has 2 aromatic rings. The van der Waals surface area contributed by atoms with Gasteiger partial charge in [0.25, 0.3) is 0 Å². The van der Waals surface area contributed by atoms with Crippen molar-refractivity contribution in [1.82, 2.24) is 4.90 Å². The summed E-state index contributed by atoms with van der Waals surface area (Å²) in [6.07, 6.45) is -20.8. The highest BCUT2D eigenvalue weighted by Crippen LogP contribution is 2.51. The second kappa shape index (κ2) is 8.27. The van der Waals surface area contributed by atoms with E-state index in [4.69, 9.17) is 4.74 Å². The molecule has 2 heterocycles. The van der Waals surface area contributed by atoms with E-state index in [9.17, 15) is 52.7 Å². The molecule has 36 heavy (non-hydrogen) atoms. The number of halogens is 12. The number of rotatable bonds is 2. The highest BCUT2D eigenvalue weighted by atomic mass is 19.4. The molecule has 0 aliphatic carbocycles.